The maximum atomic E-state index is 13.3. The number of aryl methyl sites for hydroxylation is 2. The van der Waals surface area contributed by atoms with Gasteiger partial charge in [-0.25, -0.2) is 4.39 Å². The number of morpholine rings is 1. The van der Waals surface area contributed by atoms with Crippen LogP contribution < -0.4 is 4.74 Å². The largest absolute Gasteiger partial charge is 0.492 e. The Kier molecular flexibility index (Phi) is 5.54. The fraction of sp³-hybridized carbons (Fsp3) is 0.360. The zero-order valence-corrected chi connectivity index (χ0v) is 19.7. The van der Waals surface area contributed by atoms with E-state index < -0.39 is 0 Å². The molecule has 0 saturated carbocycles. The molecule has 0 atom stereocenters. The molecule has 10 heteroatoms. The number of benzene rings is 2. The Morgan fingerprint density at radius 3 is 2.71 bits per heavy atom. The standard InChI is InChI=1S/C25H26FN7O2/c1-15-13-19(35-12-9-32-7-10-34-11-8-32)16(2)21-22(15)27-24-23(21)31-33-20(29-30-25(33)28-24)14-17-3-5-18(26)6-4-17/h3-6,13H,7-12,14H2,1-2H3,(H,27,28,30). The molecular weight excluding hydrogens is 449 g/mol. The number of H-pyrrole nitrogens is 1. The predicted molar refractivity (Wildman–Crippen MR) is 129 cm³/mol. The highest BCUT2D eigenvalue weighted by atomic mass is 19.1. The van der Waals surface area contributed by atoms with Crippen LogP contribution in [0.1, 0.15) is 22.5 Å². The van der Waals surface area contributed by atoms with Crippen LogP contribution in [-0.4, -0.2) is 74.1 Å². The van der Waals surface area contributed by atoms with Gasteiger partial charge in [0.2, 0.25) is 0 Å². The smallest absolute Gasteiger partial charge is 0.273 e. The molecule has 0 unspecified atom stereocenters. The van der Waals surface area contributed by atoms with Gasteiger partial charge in [0.1, 0.15) is 23.7 Å². The Morgan fingerprint density at radius 1 is 1.11 bits per heavy atom. The number of nitrogens with zero attached hydrogens (tertiary/aromatic N) is 6. The van der Waals surface area contributed by atoms with Crippen LogP contribution >= 0.6 is 0 Å². The van der Waals surface area contributed by atoms with Gasteiger partial charge in [0.05, 0.1) is 18.7 Å². The molecule has 0 aliphatic carbocycles. The van der Waals surface area contributed by atoms with E-state index in [1.165, 1.54) is 12.1 Å². The normalized spacial score (nSPS) is 14.9. The first-order valence-electron chi connectivity index (χ1n) is 11.8. The van der Waals surface area contributed by atoms with Crippen molar-refractivity contribution in [3.8, 4) is 5.75 Å². The SMILES string of the molecule is Cc1cc(OCCN2CCOCC2)c(C)c2c1[nH]c1nc3nnc(Cc4ccc(F)cc4)n3nc12. The lowest BCUT2D eigenvalue weighted by Crippen LogP contribution is -2.38. The van der Waals surface area contributed by atoms with Crippen molar-refractivity contribution >= 4 is 27.8 Å². The monoisotopic (exact) mass is 475 g/mol. The molecule has 1 N–H and O–H groups in total. The number of ether oxygens (including phenoxy) is 2. The number of halogens is 1. The maximum Gasteiger partial charge on any atom is 0.273 e. The molecule has 6 rings (SSSR count). The molecule has 0 spiro atoms. The van der Waals surface area contributed by atoms with Gasteiger partial charge >= 0.3 is 0 Å². The van der Waals surface area contributed by atoms with Crippen LogP contribution in [-0.2, 0) is 11.2 Å². The number of fused-ring (bicyclic) bond motifs is 4. The van der Waals surface area contributed by atoms with Crippen LogP contribution in [0.2, 0.25) is 0 Å². The van der Waals surface area contributed by atoms with E-state index in [0.717, 1.165) is 71.7 Å². The van der Waals surface area contributed by atoms with Crippen molar-refractivity contribution in [1.29, 1.82) is 0 Å². The van der Waals surface area contributed by atoms with Crippen molar-refractivity contribution in [2.45, 2.75) is 20.3 Å². The molecule has 3 aromatic heterocycles. The van der Waals surface area contributed by atoms with E-state index in [-0.39, 0.29) is 5.82 Å². The molecule has 0 bridgehead atoms. The lowest BCUT2D eigenvalue weighted by molar-refractivity contribution is 0.0322. The van der Waals surface area contributed by atoms with Crippen LogP contribution in [0.15, 0.2) is 30.3 Å². The summed E-state index contributed by atoms with van der Waals surface area (Å²) in [7, 11) is 0. The summed E-state index contributed by atoms with van der Waals surface area (Å²) in [5.41, 5.74) is 5.38. The lowest BCUT2D eigenvalue weighted by atomic mass is 10.1. The van der Waals surface area contributed by atoms with Gasteiger partial charge in [0.15, 0.2) is 11.5 Å². The summed E-state index contributed by atoms with van der Waals surface area (Å²) < 4.78 is 26.6. The van der Waals surface area contributed by atoms with Gasteiger partial charge in [0.25, 0.3) is 5.78 Å². The van der Waals surface area contributed by atoms with Gasteiger partial charge in [-0.15, -0.1) is 10.2 Å². The number of aromatic nitrogens is 6. The number of nitrogens with one attached hydrogen (secondary N) is 1. The van der Waals surface area contributed by atoms with Gasteiger partial charge in [-0.3, -0.25) is 4.90 Å². The molecule has 9 nitrogen and oxygen atoms in total. The highest BCUT2D eigenvalue weighted by Gasteiger charge is 2.19. The maximum absolute atomic E-state index is 13.3. The molecule has 35 heavy (non-hydrogen) atoms. The first-order valence-corrected chi connectivity index (χ1v) is 11.8. The third kappa shape index (κ3) is 4.08. The number of hydrogen-bond donors (Lipinski definition) is 1. The summed E-state index contributed by atoms with van der Waals surface area (Å²) in [6, 6.07) is 8.42. The van der Waals surface area contributed by atoms with Crippen molar-refractivity contribution < 1.29 is 13.9 Å². The van der Waals surface area contributed by atoms with Crippen molar-refractivity contribution in [3.63, 3.8) is 0 Å². The quantitative estimate of drug-likeness (QED) is 0.403. The zero-order chi connectivity index (χ0) is 23.9. The predicted octanol–water partition coefficient (Wildman–Crippen LogP) is 3.21. The van der Waals surface area contributed by atoms with Crippen LogP contribution in [0.3, 0.4) is 0 Å². The molecule has 1 aliphatic heterocycles. The minimum Gasteiger partial charge on any atom is -0.492 e. The first kappa shape index (κ1) is 21.9. The molecule has 1 aliphatic rings. The van der Waals surface area contributed by atoms with Crippen LogP contribution in [0.4, 0.5) is 4.39 Å². The summed E-state index contributed by atoms with van der Waals surface area (Å²) in [6.45, 7) is 9.01. The van der Waals surface area contributed by atoms with Crippen molar-refractivity contribution in [2.75, 3.05) is 39.5 Å². The topological polar surface area (TPSA) is 93.5 Å². The van der Waals surface area contributed by atoms with E-state index in [9.17, 15) is 4.39 Å². The minimum atomic E-state index is -0.269. The molecule has 1 saturated heterocycles. The summed E-state index contributed by atoms with van der Waals surface area (Å²) in [4.78, 5) is 10.4. The Bertz CT molecular complexity index is 1520. The average molecular weight is 476 g/mol. The second-order valence-electron chi connectivity index (χ2n) is 8.93. The third-order valence-electron chi connectivity index (χ3n) is 6.59. The van der Waals surface area contributed by atoms with Gasteiger partial charge in [-0.05, 0) is 43.2 Å². The van der Waals surface area contributed by atoms with Crippen molar-refractivity contribution in [1.82, 2.24) is 34.7 Å². The Balaban J connectivity index is 1.36. The van der Waals surface area contributed by atoms with Gasteiger partial charge < -0.3 is 14.5 Å². The van der Waals surface area contributed by atoms with E-state index in [1.54, 1.807) is 16.6 Å². The van der Waals surface area contributed by atoms with E-state index in [1.807, 2.05) is 0 Å². The average Bonchev–Trinajstić information content (AvgIpc) is 3.44. The summed E-state index contributed by atoms with van der Waals surface area (Å²) in [5.74, 6) is 1.64. The molecule has 2 aromatic carbocycles. The molecular formula is C25H26FN7O2. The van der Waals surface area contributed by atoms with E-state index in [4.69, 9.17) is 14.6 Å². The number of aromatic amines is 1. The zero-order valence-electron chi connectivity index (χ0n) is 19.7. The first-order chi connectivity index (χ1) is 17.1. The van der Waals surface area contributed by atoms with E-state index in [2.05, 4.69) is 45.0 Å². The molecule has 4 heterocycles. The van der Waals surface area contributed by atoms with Gasteiger partial charge in [-0.1, -0.05) is 12.1 Å². The van der Waals surface area contributed by atoms with Crippen molar-refractivity contribution in [3.05, 3.63) is 58.7 Å². The van der Waals surface area contributed by atoms with Crippen LogP contribution in [0.5, 0.6) is 5.75 Å². The highest BCUT2D eigenvalue weighted by molar-refractivity contribution is 6.07. The summed E-state index contributed by atoms with van der Waals surface area (Å²) in [5, 5.41) is 14.4. The third-order valence-corrected chi connectivity index (χ3v) is 6.59. The van der Waals surface area contributed by atoms with E-state index >= 15 is 0 Å². The number of hydrogen-bond acceptors (Lipinski definition) is 7. The fourth-order valence-corrected chi connectivity index (χ4v) is 4.65. The highest BCUT2D eigenvalue weighted by Crippen LogP contribution is 2.34. The van der Waals surface area contributed by atoms with Crippen LogP contribution in [0.25, 0.3) is 27.8 Å². The Labute approximate surface area is 200 Å². The van der Waals surface area contributed by atoms with Gasteiger partial charge in [0, 0.05) is 37.0 Å². The van der Waals surface area contributed by atoms with E-state index in [0.29, 0.717) is 30.3 Å². The Hall–Kier alpha value is -3.63. The molecule has 0 radical (unpaired) electrons. The minimum absolute atomic E-state index is 0.269. The van der Waals surface area contributed by atoms with Crippen LogP contribution in [0, 0.1) is 19.7 Å². The summed E-state index contributed by atoms with van der Waals surface area (Å²) in [6.07, 6.45) is 0.470. The molecule has 5 aromatic rings. The summed E-state index contributed by atoms with van der Waals surface area (Å²) >= 11 is 0. The molecule has 0 amide bonds. The molecule has 1 fully saturated rings. The second-order valence-corrected chi connectivity index (χ2v) is 8.93. The van der Waals surface area contributed by atoms with Gasteiger partial charge in [-0.2, -0.15) is 14.6 Å². The number of rotatable bonds is 6. The van der Waals surface area contributed by atoms with Crippen molar-refractivity contribution in [2.24, 2.45) is 0 Å². The lowest BCUT2D eigenvalue weighted by Gasteiger charge is -2.26. The Morgan fingerprint density at radius 2 is 1.91 bits per heavy atom. The molecule has 180 valence electrons. The second kappa shape index (κ2) is 8.86. The fourth-order valence-electron chi connectivity index (χ4n) is 4.65.